The number of anilines is 2. The summed E-state index contributed by atoms with van der Waals surface area (Å²) in [6.07, 6.45) is 1.21. The van der Waals surface area contributed by atoms with E-state index in [2.05, 4.69) is 20.4 Å². The second kappa shape index (κ2) is 10.3. The number of carbonyl (C=O) groups excluding carboxylic acids is 1. The molecule has 0 radical (unpaired) electrons. The summed E-state index contributed by atoms with van der Waals surface area (Å²) in [5.74, 6) is 1.93. The van der Waals surface area contributed by atoms with Crippen LogP contribution in [0.2, 0.25) is 0 Å². The maximum atomic E-state index is 13.0. The SMILES string of the molecule is CCOC(=O)c1c(C)nn(-c2cc(Nc3c(C)c(-c4ccc(C(F)F)cc4)nn3CC3CC3)ncn2)c1C. The number of aromatic nitrogens is 6. The van der Waals surface area contributed by atoms with Gasteiger partial charge in [-0.15, -0.1) is 0 Å². The molecular weight excluding hydrogens is 492 g/mol. The van der Waals surface area contributed by atoms with Gasteiger partial charge in [0.15, 0.2) is 5.82 Å². The standard InChI is InChI=1S/C27H29F2N7O2/c1-5-38-27(37)23-16(3)33-36(17(23)4)22-12-21(30-14-31-22)32-26-15(2)24(34-35(26)13-18-6-7-18)19-8-10-20(11-9-19)25(28)29/h8-12,14,18,25H,5-7,13H2,1-4H3,(H,30,31,32). The van der Waals surface area contributed by atoms with Gasteiger partial charge in [0.1, 0.15) is 23.5 Å². The highest BCUT2D eigenvalue weighted by molar-refractivity contribution is 5.92. The zero-order chi connectivity index (χ0) is 27.0. The third-order valence-electron chi connectivity index (χ3n) is 6.64. The van der Waals surface area contributed by atoms with Crippen molar-refractivity contribution >= 4 is 17.6 Å². The minimum Gasteiger partial charge on any atom is -0.462 e. The Bertz CT molecular complexity index is 1470. The van der Waals surface area contributed by atoms with Crippen LogP contribution in [0.25, 0.3) is 17.1 Å². The molecule has 0 amide bonds. The Morgan fingerprint density at radius 1 is 1.13 bits per heavy atom. The first-order valence-electron chi connectivity index (χ1n) is 12.6. The van der Waals surface area contributed by atoms with Crippen LogP contribution >= 0.6 is 0 Å². The maximum Gasteiger partial charge on any atom is 0.341 e. The third kappa shape index (κ3) is 5.00. The minimum absolute atomic E-state index is 0.0223. The molecule has 3 heterocycles. The monoisotopic (exact) mass is 521 g/mol. The first-order chi connectivity index (χ1) is 18.3. The highest BCUT2D eigenvalue weighted by Gasteiger charge is 2.26. The smallest absolute Gasteiger partial charge is 0.341 e. The van der Waals surface area contributed by atoms with E-state index in [0.29, 0.717) is 34.5 Å². The van der Waals surface area contributed by atoms with Gasteiger partial charge in [0.2, 0.25) is 0 Å². The van der Waals surface area contributed by atoms with Crippen LogP contribution in [0.1, 0.15) is 59.1 Å². The Morgan fingerprint density at radius 2 is 1.87 bits per heavy atom. The number of halogens is 2. The van der Waals surface area contributed by atoms with E-state index in [4.69, 9.17) is 9.84 Å². The van der Waals surface area contributed by atoms with Crippen molar-refractivity contribution in [2.75, 3.05) is 11.9 Å². The number of hydrogen-bond donors (Lipinski definition) is 1. The predicted octanol–water partition coefficient (Wildman–Crippen LogP) is 5.72. The molecule has 1 aromatic carbocycles. The number of aryl methyl sites for hydroxylation is 1. The Morgan fingerprint density at radius 3 is 2.53 bits per heavy atom. The van der Waals surface area contributed by atoms with Gasteiger partial charge in [-0.25, -0.2) is 32.9 Å². The normalized spacial score (nSPS) is 13.2. The quantitative estimate of drug-likeness (QED) is 0.281. The van der Waals surface area contributed by atoms with Crippen LogP contribution in [0.5, 0.6) is 0 Å². The average molecular weight is 522 g/mol. The second-order valence-corrected chi connectivity index (χ2v) is 9.43. The van der Waals surface area contributed by atoms with Gasteiger partial charge in [0.05, 0.1) is 23.7 Å². The lowest BCUT2D eigenvalue weighted by Crippen LogP contribution is -2.10. The van der Waals surface area contributed by atoms with Gasteiger partial charge in [-0.3, -0.25) is 0 Å². The minimum atomic E-state index is -2.52. The number of esters is 1. The summed E-state index contributed by atoms with van der Waals surface area (Å²) in [6.45, 7) is 8.28. The van der Waals surface area contributed by atoms with Crippen molar-refractivity contribution in [3.63, 3.8) is 0 Å². The van der Waals surface area contributed by atoms with Crippen molar-refractivity contribution in [2.45, 2.75) is 53.5 Å². The Kier molecular flexibility index (Phi) is 6.92. The second-order valence-electron chi connectivity index (χ2n) is 9.43. The van der Waals surface area contributed by atoms with Crippen molar-refractivity contribution in [3.05, 3.63) is 64.7 Å². The number of alkyl halides is 2. The first-order valence-corrected chi connectivity index (χ1v) is 12.6. The molecule has 38 heavy (non-hydrogen) atoms. The maximum absolute atomic E-state index is 13.0. The van der Waals surface area contributed by atoms with Gasteiger partial charge in [-0.05, 0) is 46.5 Å². The number of carbonyl (C=O) groups is 1. The van der Waals surface area contributed by atoms with Crippen LogP contribution in [0.3, 0.4) is 0 Å². The lowest BCUT2D eigenvalue weighted by molar-refractivity contribution is 0.0524. The molecule has 0 saturated heterocycles. The number of ether oxygens (including phenoxy) is 1. The fourth-order valence-corrected chi connectivity index (χ4v) is 4.46. The van der Waals surface area contributed by atoms with Crippen LogP contribution in [-0.4, -0.2) is 42.1 Å². The van der Waals surface area contributed by atoms with Crippen molar-refractivity contribution < 1.29 is 18.3 Å². The molecule has 1 fully saturated rings. The Hall–Kier alpha value is -4.15. The van der Waals surface area contributed by atoms with E-state index in [1.54, 1.807) is 43.7 Å². The molecule has 0 atom stereocenters. The summed E-state index contributed by atoms with van der Waals surface area (Å²) in [5, 5.41) is 12.7. The van der Waals surface area contributed by atoms with Gasteiger partial charge >= 0.3 is 5.97 Å². The molecule has 11 heteroatoms. The van der Waals surface area contributed by atoms with Crippen molar-refractivity contribution in [1.82, 2.24) is 29.5 Å². The summed E-state index contributed by atoms with van der Waals surface area (Å²) < 4.78 is 34.8. The molecule has 5 rings (SSSR count). The highest BCUT2D eigenvalue weighted by Crippen LogP contribution is 2.36. The van der Waals surface area contributed by atoms with Crippen molar-refractivity contribution in [2.24, 2.45) is 5.92 Å². The van der Waals surface area contributed by atoms with Gasteiger partial charge in [-0.1, -0.05) is 24.3 Å². The molecule has 0 unspecified atom stereocenters. The van der Waals surface area contributed by atoms with Crippen LogP contribution in [-0.2, 0) is 11.3 Å². The van der Waals surface area contributed by atoms with Gasteiger partial charge in [0, 0.05) is 29.3 Å². The van der Waals surface area contributed by atoms with Crippen LogP contribution in [0.15, 0.2) is 36.7 Å². The van der Waals surface area contributed by atoms with Crippen molar-refractivity contribution in [3.8, 4) is 17.1 Å². The molecule has 4 aromatic rings. The molecular formula is C27H29F2N7O2. The van der Waals surface area contributed by atoms with E-state index < -0.39 is 12.4 Å². The number of nitrogens with one attached hydrogen (secondary N) is 1. The predicted molar refractivity (Wildman–Crippen MR) is 138 cm³/mol. The van der Waals surface area contributed by atoms with Crippen LogP contribution in [0, 0.1) is 26.7 Å². The van der Waals surface area contributed by atoms with E-state index in [1.165, 1.54) is 18.5 Å². The third-order valence-corrected chi connectivity index (χ3v) is 6.64. The van der Waals surface area contributed by atoms with Crippen LogP contribution < -0.4 is 5.32 Å². The Balaban J connectivity index is 1.48. The fraction of sp³-hybridized carbons (Fsp3) is 0.370. The van der Waals surface area contributed by atoms with E-state index in [-0.39, 0.29) is 12.2 Å². The van der Waals surface area contributed by atoms with E-state index in [0.717, 1.165) is 42.0 Å². The lowest BCUT2D eigenvalue weighted by Gasteiger charge is -2.11. The number of nitrogens with zero attached hydrogens (tertiary/aromatic N) is 6. The number of hydrogen-bond acceptors (Lipinski definition) is 7. The topological polar surface area (TPSA) is 99.8 Å². The highest BCUT2D eigenvalue weighted by atomic mass is 19.3. The molecule has 1 aliphatic rings. The zero-order valence-electron chi connectivity index (χ0n) is 21.7. The lowest BCUT2D eigenvalue weighted by atomic mass is 10.1. The molecule has 198 valence electrons. The van der Waals surface area contributed by atoms with Crippen LogP contribution in [0.4, 0.5) is 20.4 Å². The summed E-state index contributed by atoms with van der Waals surface area (Å²) in [6, 6.07) is 7.97. The summed E-state index contributed by atoms with van der Waals surface area (Å²) in [5.41, 5.74) is 3.94. The summed E-state index contributed by atoms with van der Waals surface area (Å²) in [4.78, 5) is 21.2. The first kappa shape index (κ1) is 25.5. The molecule has 0 spiro atoms. The van der Waals surface area contributed by atoms with Crippen molar-refractivity contribution in [1.29, 1.82) is 0 Å². The fourth-order valence-electron chi connectivity index (χ4n) is 4.46. The number of rotatable bonds is 9. The summed E-state index contributed by atoms with van der Waals surface area (Å²) in [7, 11) is 0. The average Bonchev–Trinajstić information content (AvgIpc) is 3.60. The largest absolute Gasteiger partial charge is 0.462 e. The van der Waals surface area contributed by atoms with Gasteiger partial charge in [-0.2, -0.15) is 10.2 Å². The molecule has 3 aromatic heterocycles. The summed E-state index contributed by atoms with van der Waals surface area (Å²) >= 11 is 0. The molecule has 9 nitrogen and oxygen atoms in total. The molecule has 1 saturated carbocycles. The Labute approximate surface area is 218 Å². The van der Waals surface area contributed by atoms with E-state index >= 15 is 0 Å². The van der Waals surface area contributed by atoms with Gasteiger partial charge < -0.3 is 10.1 Å². The number of benzene rings is 1. The van der Waals surface area contributed by atoms with E-state index in [1.807, 2.05) is 11.6 Å². The molecule has 1 N–H and O–H groups in total. The molecule has 0 aliphatic heterocycles. The van der Waals surface area contributed by atoms with Gasteiger partial charge in [0.25, 0.3) is 6.43 Å². The molecule has 0 bridgehead atoms. The van der Waals surface area contributed by atoms with E-state index in [9.17, 15) is 13.6 Å². The molecule has 1 aliphatic carbocycles. The zero-order valence-corrected chi connectivity index (χ0v) is 21.7.